The number of H-pyrrole nitrogens is 2. The average Bonchev–Trinajstić information content (AvgIpc) is 3.72. The Morgan fingerprint density at radius 1 is 1.18 bits per heavy atom. The van der Waals surface area contributed by atoms with Crippen molar-refractivity contribution in [2.45, 2.75) is 24.9 Å². The third-order valence-electron chi connectivity index (χ3n) is 7.43. The van der Waals surface area contributed by atoms with Gasteiger partial charge in [0.1, 0.15) is 12.3 Å². The van der Waals surface area contributed by atoms with Crippen molar-refractivity contribution in [1.82, 2.24) is 24.5 Å². The number of aromatic hydroxyl groups is 1. The average molecular weight is 528 g/mol. The van der Waals surface area contributed by atoms with Crippen LogP contribution >= 0.6 is 0 Å². The zero-order valence-corrected chi connectivity index (χ0v) is 20.1. The maximum absolute atomic E-state index is 13.0. The number of nitrogens with one attached hydrogen (secondary N) is 2. The molecule has 2 aliphatic heterocycles. The molecule has 5 aromatic rings. The first-order valence-corrected chi connectivity index (χ1v) is 12.3. The Morgan fingerprint density at radius 2 is 2.03 bits per heavy atom. The lowest BCUT2D eigenvalue weighted by Crippen LogP contribution is -2.24. The zero-order chi connectivity index (χ0) is 26.4. The summed E-state index contributed by atoms with van der Waals surface area (Å²) < 4.78 is 18.7. The lowest BCUT2D eigenvalue weighted by atomic mass is 9.85. The second kappa shape index (κ2) is 7.89. The van der Waals surface area contributed by atoms with E-state index >= 15 is 0 Å². The minimum Gasteiger partial charge on any atom is -0.494 e. The van der Waals surface area contributed by atoms with E-state index in [1.165, 1.54) is 6.33 Å². The van der Waals surface area contributed by atoms with Gasteiger partial charge < -0.3 is 34.5 Å². The number of hydrogen-bond donors (Lipinski definition) is 5. The molecule has 0 radical (unpaired) electrons. The fraction of sp³-hybridized carbons (Fsp3) is 0.231. The van der Waals surface area contributed by atoms with E-state index in [-0.39, 0.29) is 42.8 Å². The molecular formula is C26H20N6O7. The molecule has 5 N–H and O–H groups in total. The Balaban J connectivity index is 1.34. The standard InChI is InChI=1S/C26H20N6O7/c33-7-15-13(34)6-16(39-15)32-8-27-21-23(32)30-26(31-25(21)36)29-19-11-4-2-1-3-10(11)18-17-12(24(35)28-20(17)19)5-14-22(18)38-9-37-14/h1-5,8,13,15-16,28,33-35H,6-7,9H2,(H,30,31,36)/b29-19+/t13-,15+,16+/m0/s1. The number of fused-ring (bicyclic) bond motifs is 5. The lowest BCUT2D eigenvalue weighted by Gasteiger charge is -2.20. The van der Waals surface area contributed by atoms with Crippen LogP contribution in [0, 0.1) is 0 Å². The van der Waals surface area contributed by atoms with Gasteiger partial charge in [-0.1, -0.05) is 24.3 Å². The molecule has 3 aliphatic rings. The van der Waals surface area contributed by atoms with E-state index in [9.17, 15) is 20.1 Å². The van der Waals surface area contributed by atoms with Gasteiger partial charge in [-0.15, -0.1) is 0 Å². The van der Waals surface area contributed by atoms with Crippen LogP contribution in [0.5, 0.6) is 17.4 Å². The van der Waals surface area contributed by atoms with Gasteiger partial charge in [-0.2, -0.15) is 4.98 Å². The monoisotopic (exact) mass is 528 g/mol. The molecule has 39 heavy (non-hydrogen) atoms. The Bertz CT molecular complexity index is 1920. The highest BCUT2D eigenvalue weighted by atomic mass is 16.7. The molecule has 1 aliphatic carbocycles. The maximum atomic E-state index is 13.0. The Morgan fingerprint density at radius 3 is 2.85 bits per heavy atom. The second-order valence-corrected chi connectivity index (χ2v) is 9.59. The molecule has 0 unspecified atom stereocenters. The summed E-state index contributed by atoms with van der Waals surface area (Å²) in [6.07, 6.45) is -0.649. The molecule has 5 heterocycles. The van der Waals surface area contributed by atoms with Gasteiger partial charge in [0.15, 0.2) is 28.5 Å². The van der Waals surface area contributed by atoms with Crippen LogP contribution in [0.15, 0.2) is 46.4 Å². The van der Waals surface area contributed by atoms with Crippen LogP contribution in [0.3, 0.4) is 0 Å². The first-order valence-electron chi connectivity index (χ1n) is 12.3. The summed E-state index contributed by atoms with van der Waals surface area (Å²) in [6, 6.07) is 9.31. The summed E-state index contributed by atoms with van der Waals surface area (Å²) in [7, 11) is 0. The fourth-order valence-electron chi connectivity index (χ4n) is 5.66. The van der Waals surface area contributed by atoms with Gasteiger partial charge in [-0.25, -0.2) is 9.98 Å². The predicted octanol–water partition coefficient (Wildman–Crippen LogP) is 1.83. The van der Waals surface area contributed by atoms with Gasteiger partial charge in [-0.3, -0.25) is 14.3 Å². The van der Waals surface area contributed by atoms with E-state index in [0.717, 1.165) is 16.7 Å². The number of aromatic nitrogens is 5. The largest absolute Gasteiger partial charge is 0.494 e. The molecule has 2 aromatic carbocycles. The van der Waals surface area contributed by atoms with Crippen molar-refractivity contribution in [1.29, 1.82) is 0 Å². The van der Waals surface area contributed by atoms with Crippen LogP contribution in [0.2, 0.25) is 0 Å². The SMILES string of the molecule is O=c1[nH]c(/N=C2\c3ccccc3-c3c4c(cc5c(O)[nH]c2c35)OCO4)nc2c1ncn2[C@H]1C[C@H](O)[C@@H](CO)O1. The summed E-state index contributed by atoms with van der Waals surface area (Å²) >= 11 is 0. The minimum absolute atomic E-state index is 0.0164. The maximum Gasteiger partial charge on any atom is 0.280 e. The van der Waals surface area contributed by atoms with Gasteiger partial charge in [0.2, 0.25) is 12.7 Å². The van der Waals surface area contributed by atoms with Gasteiger partial charge in [0, 0.05) is 28.3 Å². The first-order chi connectivity index (χ1) is 19.0. The summed E-state index contributed by atoms with van der Waals surface area (Å²) in [5.41, 5.74) is 3.16. The van der Waals surface area contributed by atoms with Crippen molar-refractivity contribution in [3.63, 3.8) is 0 Å². The molecular weight excluding hydrogens is 508 g/mol. The van der Waals surface area contributed by atoms with Gasteiger partial charge in [0.25, 0.3) is 5.56 Å². The number of ether oxygens (including phenoxy) is 3. The highest BCUT2D eigenvalue weighted by Crippen LogP contribution is 2.52. The zero-order valence-electron chi connectivity index (χ0n) is 20.1. The van der Waals surface area contributed by atoms with E-state index in [4.69, 9.17) is 19.2 Å². The van der Waals surface area contributed by atoms with Crippen molar-refractivity contribution >= 4 is 33.6 Å². The second-order valence-electron chi connectivity index (χ2n) is 9.59. The van der Waals surface area contributed by atoms with Crippen LogP contribution in [0.4, 0.5) is 5.95 Å². The third kappa shape index (κ3) is 3.05. The van der Waals surface area contributed by atoms with Crippen LogP contribution in [-0.4, -0.2) is 71.1 Å². The molecule has 3 atom stereocenters. The van der Waals surface area contributed by atoms with Crippen LogP contribution in [0.25, 0.3) is 33.1 Å². The number of hydrogen-bond acceptors (Lipinski definition) is 10. The number of benzene rings is 2. The molecule has 3 aromatic heterocycles. The quantitative estimate of drug-likeness (QED) is 0.229. The normalized spacial score (nSPS) is 22.3. The Hall–Kier alpha value is -4.72. The smallest absolute Gasteiger partial charge is 0.280 e. The van der Waals surface area contributed by atoms with Crippen molar-refractivity contribution in [3.05, 3.63) is 58.3 Å². The predicted molar refractivity (Wildman–Crippen MR) is 137 cm³/mol. The number of imidazole rings is 1. The summed E-state index contributed by atoms with van der Waals surface area (Å²) in [5.74, 6) is 1.10. The number of nitrogens with zero attached hydrogens (tertiary/aromatic N) is 4. The molecule has 13 heteroatoms. The molecule has 13 nitrogen and oxygen atoms in total. The molecule has 0 bridgehead atoms. The van der Waals surface area contributed by atoms with Crippen LogP contribution in [0.1, 0.15) is 23.9 Å². The fourth-order valence-corrected chi connectivity index (χ4v) is 5.66. The Kier molecular flexibility index (Phi) is 4.51. The lowest BCUT2D eigenvalue weighted by molar-refractivity contribution is -0.0432. The number of aliphatic hydroxyl groups excluding tert-OH is 2. The first kappa shape index (κ1) is 22.3. The van der Waals surface area contributed by atoms with Crippen LogP contribution in [-0.2, 0) is 4.74 Å². The van der Waals surface area contributed by atoms with E-state index < -0.39 is 24.0 Å². The number of aliphatic imine (C=N–C) groups is 1. The molecule has 0 saturated carbocycles. The summed E-state index contributed by atoms with van der Waals surface area (Å²) in [6.45, 7) is -0.257. The molecule has 0 spiro atoms. The van der Waals surface area contributed by atoms with E-state index in [2.05, 4.69) is 19.9 Å². The Labute approximate surface area is 218 Å². The molecule has 196 valence electrons. The minimum atomic E-state index is -0.864. The molecule has 1 saturated heterocycles. The summed E-state index contributed by atoms with van der Waals surface area (Å²) in [4.78, 5) is 32.2. The van der Waals surface area contributed by atoms with E-state index in [1.54, 1.807) is 10.6 Å². The topological polar surface area (TPSA) is 180 Å². The van der Waals surface area contributed by atoms with Gasteiger partial charge in [0.05, 0.1) is 30.4 Å². The molecule has 0 amide bonds. The van der Waals surface area contributed by atoms with Crippen molar-refractivity contribution in [2.24, 2.45) is 4.99 Å². The summed E-state index contributed by atoms with van der Waals surface area (Å²) in [5, 5.41) is 31.7. The molecule has 8 rings (SSSR count). The highest BCUT2D eigenvalue weighted by molar-refractivity contribution is 6.29. The van der Waals surface area contributed by atoms with Crippen LogP contribution < -0.4 is 15.0 Å². The number of rotatable bonds is 3. The third-order valence-corrected chi connectivity index (χ3v) is 7.43. The van der Waals surface area contributed by atoms with Crippen molar-refractivity contribution < 1.29 is 29.5 Å². The van der Waals surface area contributed by atoms with Crippen molar-refractivity contribution in [2.75, 3.05) is 13.4 Å². The van der Waals surface area contributed by atoms with Gasteiger partial charge in [-0.05, 0) is 11.6 Å². The van der Waals surface area contributed by atoms with Crippen molar-refractivity contribution in [3.8, 4) is 28.5 Å². The van der Waals surface area contributed by atoms with Gasteiger partial charge >= 0.3 is 0 Å². The number of aliphatic hydroxyl groups is 2. The molecule has 1 fully saturated rings. The number of aromatic amines is 2. The van der Waals surface area contributed by atoms with E-state index in [1.807, 2.05) is 24.3 Å². The highest BCUT2D eigenvalue weighted by Gasteiger charge is 2.36. The van der Waals surface area contributed by atoms with E-state index in [0.29, 0.717) is 33.7 Å².